The van der Waals surface area contributed by atoms with Gasteiger partial charge in [-0.05, 0) is 25.7 Å². The van der Waals surface area contributed by atoms with Gasteiger partial charge >= 0.3 is 0 Å². The van der Waals surface area contributed by atoms with Crippen LogP contribution in [0.1, 0.15) is 110 Å². The van der Waals surface area contributed by atoms with Gasteiger partial charge in [0.05, 0.1) is 13.2 Å². The molecule has 0 unspecified atom stereocenters. The van der Waals surface area contributed by atoms with Crippen LogP contribution in [0, 0.1) is 0 Å². The van der Waals surface area contributed by atoms with Crippen molar-refractivity contribution >= 4 is 0 Å². The Bertz CT molecular complexity index is 415. The lowest BCUT2D eigenvalue weighted by molar-refractivity contribution is -0.101. The van der Waals surface area contributed by atoms with Gasteiger partial charge < -0.3 is 24.8 Å². The summed E-state index contributed by atoms with van der Waals surface area (Å²) < 4.78 is 11.0. The van der Waals surface area contributed by atoms with E-state index in [0.29, 0.717) is 6.61 Å². The molecule has 0 aromatic carbocycles. The van der Waals surface area contributed by atoms with Crippen LogP contribution < -0.4 is 0 Å². The fourth-order valence-electron chi connectivity index (χ4n) is 4.21. The lowest BCUT2D eigenvalue weighted by atomic mass is 10.0. The summed E-state index contributed by atoms with van der Waals surface area (Å²) in [5, 5.41) is 28.8. The molecule has 3 N–H and O–H groups in total. The van der Waals surface area contributed by atoms with Gasteiger partial charge in [0.15, 0.2) is 0 Å². The summed E-state index contributed by atoms with van der Waals surface area (Å²) in [5.74, 6) is 0. The van der Waals surface area contributed by atoms with Crippen molar-refractivity contribution in [2.45, 2.75) is 134 Å². The minimum Gasteiger partial charge on any atom is -0.394 e. The minimum atomic E-state index is -0.977. The van der Waals surface area contributed by atoms with Crippen LogP contribution in [0.3, 0.4) is 0 Å². The maximum atomic E-state index is 9.85. The molecule has 0 bridgehead atoms. The van der Waals surface area contributed by atoms with E-state index in [0.717, 1.165) is 19.3 Å². The largest absolute Gasteiger partial charge is 0.394 e. The molecular weight excluding hydrogens is 392 g/mol. The van der Waals surface area contributed by atoms with Crippen molar-refractivity contribution in [3.63, 3.8) is 0 Å². The molecule has 1 saturated heterocycles. The summed E-state index contributed by atoms with van der Waals surface area (Å²) >= 11 is 0. The van der Waals surface area contributed by atoms with E-state index in [-0.39, 0.29) is 13.2 Å². The Labute approximate surface area is 191 Å². The molecule has 0 spiro atoms. The lowest BCUT2D eigenvalue weighted by Crippen LogP contribution is -2.42. The molecule has 5 nitrogen and oxygen atoms in total. The van der Waals surface area contributed by atoms with Crippen LogP contribution in [-0.2, 0) is 9.47 Å². The average Bonchev–Trinajstić information content (AvgIpc) is 3.11. The number of hydrogen-bond acceptors (Lipinski definition) is 5. The monoisotopic (exact) mass is 442 g/mol. The number of unbranched alkanes of at least 4 members (excludes halogenated alkanes) is 14. The molecule has 184 valence electrons. The topological polar surface area (TPSA) is 79.2 Å². The second-order valence-electron chi connectivity index (χ2n) is 9.07. The van der Waals surface area contributed by atoms with Crippen LogP contribution in [0.5, 0.6) is 0 Å². The molecule has 1 aliphatic rings. The van der Waals surface area contributed by atoms with Gasteiger partial charge in [0.2, 0.25) is 0 Å². The van der Waals surface area contributed by atoms with Crippen LogP contribution in [0.25, 0.3) is 0 Å². The number of hydrogen-bond donors (Lipinski definition) is 3. The quantitative estimate of drug-likeness (QED) is 0.166. The minimum absolute atomic E-state index is 0.100. The van der Waals surface area contributed by atoms with Crippen molar-refractivity contribution in [3.8, 4) is 0 Å². The summed E-state index contributed by atoms with van der Waals surface area (Å²) in [6.45, 7) is 2.65. The molecule has 4 atom stereocenters. The molecule has 1 rings (SSSR count). The first kappa shape index (κ1) is 28.6. The molecule has 31 heavy (non-hydrogen) atoms. The zero-order valence-corrected chi connectivity index (χ0v) is 20.1. The van der Waals surface area contributed by atoms with E-state index >= 15 is 0 Å². The third-order valence-corrected chi connectivity index (χ3v) is 6.24. The number of allylic oxidation sites excluding steroid dienone is 2. The molecule has 1 fully saturated rings. The zero-order chi connectivity index (χ0) is 22.6. The van der Waals surface area contributed by atoms with Crippen LogP contribution in [0.4, 0.5) is 0 Å². The Morgan fingerprint density at radius 2 is 1.32 bits per heavy atom. The Morgan fingerprint density at radius 1 is 0.806 bits per heavy atom. The van der Waals surface area contributed by atoms with Crippen molar-refractivity contribution in [2.75, 3.05) is 19.8 Å². The Morgan fingerprint density at radius 3 is 1.77 bits per heavy atom. The van der Waals surface area contributed by atoms with E-state index in [2.05, 4.69) is 19.1 Å². The van der Waals surface area contributed by atoms with E-state index in [1.807, 2.05) is 0 Å². The highest BCUT2D eigenvalue weighted by molar-refractivity contribution is 4.88. The summed E-state index contributed by atoms with van der Waals surface area (Å²) in [6, 6.07) is 0. The molecular formula is C26H50O5. The number of rotatable bonds is 21. The van der Waals surface area contributed by atoms with Crippen LogP contribution in [-0.4, -0.2) is 59.6 Å². The molecule has 1 aliphatic heterocycles. The third-order valence-electron chi connectivity index (χ3n) is 6.24. The van der Waals surface area contributed by atoms with Crippen molar-refractivity contribution < 1.29 is 24.8 Å². The van der Waals surface area contributed by atoms with Gasteiger partial charge in [0, 0.05) is 6.61 Å². The fourth-order valence-corrected chi connectivity index (χ4v) is 4.21. The lowest BCUT2D eigenvalue weighted by Gasteiger charge is -2.24. The van der Waals surface area contributed by atoms with Gasteiger partial charge in [-0.2, -0.15) is 0 Å². The maximum Gasteiger partial charge on any atom is 0.114 e. The SMILES string of the molecule is CC/C=C/CCCCCCCCCCCCCCCCO[C@@H](CO)[C@@H]1OC[C@@H](O)[C@@H]1O. The van der Waals surface area contributed by atoms with Crippen molar-refractivity contribution in [2.24, 2.45) is 0 Å². The summed E-state index contributed by atoms with van der Waals surface area (Å²) in [6.07, 6.45) is 22.4. The van der Waals surface area contributed by atoms with Crippen LogP contribution >= 0.6 is 0 Å². The van der Waals surface area contributed by atoms with Crippen LogP contribution in [0.15, 0.2) is 12.2 Å². The number of ether oxygens (including phenoxy) is 2. The molecule has 0 aromatic rings. The molecule has 0 radical (unpaired) electrons. The second-order valence-corrected chi connectivity index (χ2v) is 9.07. The van der Waals surface area contributed by atoms with E-state index in [1.54, 1.807) is 0 Å². The highest BCUT2D eigenvalue weighted by atomic mass is 16.6. The predicted molar refractivity (Wildman–Crippen MR) is 127 cm³/mol. The summed E-state index contributed by atoms with van der Waals surface area (Å²) in [4.78, 5) is 0. The fraction of sp³-hybridized carbons (Fsp3) is 0.923. The smallest absolute Gasteiger partial charge is 0.114 e. The standard InChI is InChI=1S/C26H50O5/c1-2-3-4-5-6-7-8-9-10-11-12-13-14-15-16-17-18-19-20-30-24(21-27)26-25(29)23(28)22-31-26/h3-4,23-29H,2,5-22H2,1H3/b4-3+/t23-,24+,25+,26+/m1/s1. The van der Waals surface area contributed by atoms with E-state index in [4.69, 9.17) is 9.47 Å². The highest BCUT2D eigenvalue weighted by Gasteiger charge is 2.40. The first-order chi connectivity index (χ1) is 15.2. The first-order valence-corrected chi connectivity index (χ1v) is 13.1. The highest BCUT2D eigenvalue weighted by Crippen LogP contribution is 2.20. The van der Waals surface area contributed by atoms with E-state index in [1.165, 1.54) is 83.5 Å². The van der Waals surface area contributed by atoms with Gasteiger partial charge in [-0.1, -0.05) is 96.1 Å². The number of aliphatic hydroxyl groups is 3. The van der Waals surface area contributed by atoms with Crippen molar-refractivity contribution in [1.82, 2.24) is 0 Å². The van der Waals surface area contributed by atoms with Crippen LogP contribution in [0.2, 0.25) is 0 Å². The molecule has 5 heteroatoms. The molecule has 0 amide bonds. The van der Waals surface area contributed by atoms with Gasteiger partial charge in [-0.3, -0.25) is 0 Å². The van der Waals surface area contributed by atoms with Gasteiger partial charge in [-0.15, -0.1) is 0 Å². The molecule has 0 aliphatic carbocycles. The van der Waals surface area contributed by atoms with Crippen molar-refractivity contribution in [3.05, 3.63) is 12.2 Å². The first-order valence-electron chi connectivity index (χ1n) is 13.1. The third kappa shape index (κ3) is 14.3. The Balaban J connectivity index is 1.79. The predicted octanol–water partition coefficient (Wildman–Crippen LogP) is 5.30. The Hall–Kier alpha value is -0.460. The van der Waals surface area contributed by atoms with E-state index in [9.17, 15) is 15.3 Å². The summed E-state index contributed by atoms with van der Waals surface area (Å²) in [7, 11) is 0. The summed E-state index contributed by atoms with van der Waals surface area (Å²) in [5.41, 5.74) is 0. The Kier molecular flexibility index (Phi) is 18.6. The normalized spacial score (nSPS) is 22.5. The van der Waals surface area contributed by atoms with Crippen molar-refractivity contribution in [1.29, 1.82) is 0 Å². The zero-order valence-electron chi connectivity index (χ0n) is 20.1. The molecule has 0 aromatic heterocycles. The maximum absolute atomic E-state index is 9.85. The second kappa shape index (κ2) is 20.2. The molecule has 1 heterocycles. The number of aliphatic hydroxyl groups excluding tert-OH is 3. The van der Waals surface area contributed by atoms with E-state index < -0.39 is 24.4 Å². The van der Waals surface area contributed by atoms with Gasteiger partial charge in [0.1, 0.15) is 24.4 Å². The molecule has 0 saturated carbocycles. The average molecular weight is 443 g/mol. The van der Waals surface area contributed by atoms with Gasteiger partial charge in [0.25, 0.3) is 0 Å². The van der Waals surface area contributed by atoms with Gasteiger partial charge in [-0.25, -0.2) is 0 Å².